The first-order chi connectivity index (χ1) is 22.5. The molecule has 2 saturated heterocycles. The number of nitrogens with zero attached hydrogens (tertiary/aromatic N) is 3. The highest BCUT2D eigenvalue weighted by atomic mass is 19.4. The SMILES string of the molecule is CCOC(=O)N1CCC(NC(=O)c2ccc(N3CC4CC(C3)c3cccc(=O)n3C4)c(NC(=O)c3cccc(C(F)(F)F)c3)c2)CC1. The van der Waals surface area contributed by atoms with Gasteiger partial charge in [0.05, 0.1) is 23.5 Å². The van der Waals surface area contributed by atoms with Gasteiger partial charge in [0.2, 0.25) is 0 Å². The van der Waals surface area contributed by atoms with E-state index < -0.39 is 17.6 Å². The molecule has 3 amide bonds. The van der Waals surface area contributed by atoms with Crippen LogP contribution in [-0.4, -0.2) is 66.2 Å². The summed E-state index contributed by atoms with van der Waals surface area (Å²) >= 11 is 0. The van der Waals surface area contributed by atoms with Gasteiger partial charge < -0.3 is 29.7 Å². The van der Waals surface area contributed by atoms with E-state index in [-0.39, 0.29) is 53.2 Å². The van der Waals surface area contributed by atoms with Crippen molar-refractivity contribution in [1.82, 2.24) is 14.8 Å². The van der Waals surface area contributed by atoms with Gasteiger partial charge >= 0.3 is 12.3 Å². The maximum atomic E-state index is 13.4. The second-order valence-electron chi connectivity index (χ2n) is 12.3. The Morgan fingerprint density at radius 3 is 2.40 bits per heavy atom. The van der Waals surface area contributed by atoms with E-state index in [1.807, 2.05) is 10.6 Å². The monoisotopic (exact) mass is 651 g/mol. The molecule has 6 rings (SSSR count). The maximum Gasteiger partial charge on any atom is 0.416 e. The van der Waals surface area contributed by atoms with Gasteiger partial charge in [-0.3, -0.25) is 14.4 Å². The van der Waals surface area contributed by atoms with Crippen molar-refractivity contribution in [2.45, 2.75) is 50.9 Å². The molecule has 0 radical (unpaired) electrons. The quantitative estimate of drug-likeness (QED) is 0.384. The number of carbonyl (C=O) groups excluding carboxylic acids is 3. The standard InChI is InChI=1S/C34H36F3N5O5/c1-2-47-33(46)40-13-11-26(12-14-40)38-31(44)23-9-10-29(27(17-23)39-32(45)22-5-3-6-25(16-22)34(35,36)37)41-18-21-15-24(20-41)28-7-4-8-30(43)42(28)19-21/h3-10,16-17,21,24,26H,2,11-15,18-20H2,1H3,(H,38,44)(H,39,45). The van der Waals surface area contributed by atoms with Crippen LogP contribution in [0.15, 0.2) is 65.5 Å². The van der Waals surface area contributed by atoms with Gasteiger partial charge in [0.1, 0.15) is 0 Å². The Morgan fingerprint density at radius 2 is 1.66 bits per heavy atom. The number of carbonyl (C=O) groups is 3. The van der Waals surface area contributed by atoms with Gasteiger partial charge in [0.15, 0.2) is 0 Å². The molecule has 2 atom stereocenters. The van der Waals surface area contributed by atoms with E-state index in [1.165, 1.54) is 12.1 Å². The summed E-state index contributed by atoms with van der Waals surface area (Å²) < 4.78 is 47.1. The normalized spacial score (nSPS) is 19.5. The first-order valence-electron chi connectivity index (χ1n) is 15.8. The fourth-order valence-electron chi connectivity index (χ4n) is 6.87. The second kappa shape index (κ2) is 13.1. The molecule has 2 aromatic carbocycles. The zero-order valence-electron chi connectivity index (χ0n) is 25.9. The molecule has 2 unspecified atom stereocenters. The minimum Gasteiger partial charge on any atom is -0.450 e. The number of alkyl halides is 3. The van der Waals surface area contributed by atoms with Crippen LogP contribution in [-0.2, 0) is 17.5 Å². The largest absolute Gasteiger partial charge is 0.450 e. The van der Waals surface area contributed by atoms with Crippen molar-refractivity contribution in [2.75, 3.05) is 43.0 Å². The number of pyridine rings is 1. The fraction of sp³-hybridized carbons (Fsp3) is 0.412. The first-order valence-corrected chi connectivity index (χ1v) is 15.8. The van der Waals surface area contributed by atoms with E-state index in [1.54, 1.807) is 42.2 Å². The van der Waals surface area contributed by atoms with Crippen molar-refractivity contribution in [3.05, 3.63) is 93.4 Å². The number of ether oxygens (including phenoxy) is 1. The number of benzene rings is 2. The Labute approximate surface area is 269 Å². The highest BCUT2D eigenvalue weighted by Crippen LogP contribution is 2.39. The predicted molar refractivity (Wildman–Crippen MR) is 169 cm³/mol. The van der Waals surface area contributed by atoms with Gasteiger partial charge in [0.25, 0.3) is 17.4 Å². The van der Waals surface area contributed by atoms with Crippen molar-refractivity contribution in [3.63, 3.8) is 0 Å². The number of hydrogen-bond donors (Lipinski definition) is 2. The molecule has 3 aliphatic rings. The highest BCUT2D eigenvalue weighted by molar-refractivity contribution is 6.07. The number of nitrogens with one attached hydrogen (secondary N) is 2. The number of piperidine rings is 2. The molecule has 2 fully saturated rings. The van der Waals surface area contributed by atoms with Crippen molar-refractivity contribution in [3.8, 4) is 0 Å². The number of halogens is 3. The van der Waals surface area contributed by atoms with E-state index in [9.17, 15) is 32.3 Å². The zero-order chi connectivity index (χ0) is 33.3. The lowest BCUT2D eigenvalue weighted by molar-refractivity contribution is -0.137. The molecule has 4 heterocycles. The van der Waals surface area contributed by atoms with Crippen LogP contribution in [0.1, 0.15) is 64.1 Å². The molecule has 0 spiro atoms. The van der Waals surface area contributed by atoms with Crippen LogP contribution in [0.5, 0.6) is 0 Å². The number of fused-ring (bicyclic) bond motifs is 4. The Balaban J connectivity index is 1.25. The number of amides is 3. The Kier molecular flexibility index (Phi) is 8.98. The summed E-state index contributed by atoms with van der Waals surface area (Å²) in [5.74, 6) is -0.886. The summed E-state index contributed by atoms with van der Waals surface area (Å²) in [6.07, 6.45) is -3.01. The fourth-order valence-corrected chi connectivity index (χ4v) is 6.87. The lowest BCUT2D eigenvalue weighted by Gasteiger charge is -2.44. The van der Waals surface area contributed by atoms with Gasteiger partial charge in [-0.15, -0.1) is 0 Å². The lowest BCUT2D eigenvalue weighted by Crippen LogP contribution is -2.47. The topological polar surface area (TPSA) is 113 Å². The summed E-state index contributed by atoms with van der Waals surface area (Å²) in [6, 6.07) is 14.2. The van der Waals surface area contributed by atoms with Crippen molar-refractivity contribution in [1.29, 1.82) is 0 Å². The molecule has 248 valence electrons. The number of rotatable bonds is 6. The molecule has 2 bridgehead atoms. The van der Waals surface area contributed by atoms with Gasteiger partial charge in [-0.05, 0) is 74.6 Å². The Hall–Kier alpha value is -4.81. The molecule has 1 aromatic heterocycles. The molecule has 0 aliphatic carbocycles. The lowest BCUT2D eigenvalue weighted by atomic mass is 9.83. The molecule has 0 saturated carbocycles. The first kappa shape index (κ1) is 32.1. The van der Waals surface area contributed by atoms with Gasteiger partial charge in [-0.2, -0.15) is 13.2 Å². The number of anilines is 2. The van der Waals surface area contributed by atoms with E-state index in [0.717, 1.165) is 24.2 Å². The summed E-state index contributed by atoms with van der Waals surface area (Å²) in [7, 11) is 0. The van der Waals surface area contributed by atoms with Crippen LogP contribution in [0.2, 0.25) is 0 Å². The average molecular weight is 652 g/mol. The van der Waals surface area contributed by atoms with Crippen LogP contribution in [0.4, 0.5) is 29.3 Å². The number of hydrogen-bond acceptors (Lipinski definition) is 6. The van der Waals surface area contributed by atoms with E-state index in [4.69, 9.17) is 4.74 Å². The summed E-state index contributed by atoms with van der Waals surface area (Å²) in [5, 5.41) is 5.79. The molecular formula is C34H36F3N5O5. The minimum absolute atomic E-state index is 0.0402. The molecule has 2 N–H and O–H groups in total. The zero-order valence-corrected chi connectivity index (χ0v) is 25.9. The van der Waals surface area contributed by atoms with E-state index in [2.05, 4.69) is 15.5 Å². The molecule has 3 aliphatic heterocycles. The van der Waals surface area contributed by atoms with E-state index >= 15 is 0 Å². The van der Waals surface area contributed by atoms with Gasteiger partial charge in [-0.1, -0.05) is 12.1 Å². The van der Waals surface area contributed by atoms with Crippen LogP contribution in [0, 0.1) is 5.92 Å². The summed E-state index contributed by atoms with van der Waals surface area (Å²) in [5.41, 5.74) is 0.992. The Bertz CT molecular complexity index is 1730. The third kappa shape index (κ3) is 6.98. The molecular weight excluding hydrogens is 615 g/mol. The van der Waals surface area contributed by atoms with E-state index in [0.29, 0.717) is 56.9 Å². The number of likely N-dealkylation sites (tertiary alicyclic amines) is 1. The van der Waals surface area contributed by atoms with Crippen LogP contribution in [0.3, 0.4) is 0 Å². The molecule has 3 aromatic rings. The second-order valence-corrected chi connectivity index (χ2v) is 12.3. The number of aromatic nitrogens is 1. The van der Waals surface area contributed by atoms with Crippen molar-refractivity contribution >= 4 is 29.3 Å². The van der Waals surface area contributed by atoms with Crippen molar-refractivity contribution < 1.29 is 32.3 Å². The van der Waals surface area contributed by atoms with Crippen molar-refractivity contribution in [2.24, 2.45) is 5.92 Å². The van der Waals surface area contributed by atoms with Gasteiger partial charge in [-0.25, -0.2) is 4.79 Å². The minimum atomic E-state index is -4.62. The maximum absolute atomic E-state index is 13.4. The predicted octanol–water partition coefficient (Wildman–Crippen LogP) is 5.09. The van der Waals surface area contributed by atoms with Crippen LogP contribution in [0.25, 0.3) is 0 Å². The average Bonchev–Trinajstić information content (AvgIpc) is 3.05. The smallest absolute Gasteiger partial charge is 0.416 e. The molecule has 13 heteroatoms. The molecule has 10 nitrogen and oxygen atoms in total. The van der Waals surface area contributed by atoms with Crippen LogP contribution >= 0.6 is 0 Å². The van der Waals surface area contributed by atoms with Crippen LogP contribution < -0.4 is 21.1 Å². The third-order valence-electron chi connectivity index (χ3n) is 9.14. The summed E-state index contributed by atoms with van der Waals surface area (Å²) in [4.78, 5) is 55.1. The summed E-state index contributed by atoms with van der Waals surface area (Å²) in [6.45, 7) is 4.60. The van der Waals surface area contributed by atoms with Gasteiger partial charge in [0, 0.05) is 67.6 Å². The third-order valence-corrected chi connectivity index (χ3v) is 9.14. The Morgan fingerprint density at radius 1 is 0.915 bits per heavy atom. The molecule has 47 heavy (non-hydrogen) atoms. The highest BCUT2D eigenvalue weighted by Gasteiger charge is 2.36.